The Bertz CT molecular complexity index is 624. The Labute approximate surface area is 121 Å². The zero-order chi connectivity index (χ0) is 14.1. The van der Waals surface area contributed by atoms with Crippen molar-refractivity contribution in [2.24, 2.45) is 5.92 Å². The van der Waals surface area contributed by atoms with E-state index in [9.17, 15) is 15.0 Å². The lowest BCUT2D eigenvalue weighted by molar-refractivity contribution is 0.00354. The smallest absolute Gasteiger partial charge is 0.255 e. The monoisotopic (exact) mass is 291 g/mol. The number of carbonyl (C=O) groups is 1. The highest BCUT2D eigenvalue weighted by atomic mass is 32.1. The number of likely N-dealkylation sites (tertiary alicyclic amines) is 1. The van der Waals surface area contributed by atoms with Crippen LogP contribution in [0.3, 0.4) is 0 Å². The normalized spacial score (nSPS) is 23.2. The van der Waals surface area contributed by atoms with Crippen LogP contribution in [0.15, 0.2) is 29.6 Å². The molecule has 1 aliphatic heterocycles. The molecule has 0 aliphatic carbocycles. The third-order valence-corrected chi connectivity index (χ3v) is 4.89. The minimum Gasteiger partial charge on any atom is -0.396 e. The summed E-state index contributed by atoms with van der Waals surface area (Å²) in [5, 5.41) is 21.9. The van der Waals surface area contributed by atoms with Crippen LogP contribution in [0.2, 0.25) is 0 Å². The van der Waals surface area contributed by atoms with Crippen molar-refractivity contribution in [2.75, 3.05) is 19.7 Å². The van der Waals surface area contributed by atoms with Gasteiger partial charge in [0, 0.05) is 34.5 Å². The third-order valence-electron chi connectivity index (χ3n) is 3.93. The first-order chi connectivity index (χ1) is 9.70. The summed E-state index contributed by atoms with van der Waals surface area (Å²) in [5.74, 6) is -0.245. The van der Waals surface area contributed by atoms with Crippen LogP contribution in [0.25, 0.3) is 10.1 Å². The number of hydrogen-bond acceptors (Lipinski definition) is 4. The number of rotatable bonds is 2. The molecule has 4 nitrogen and oxygen atoms in total. The van der Waals surface area contributed by atoms with E-state index >= 15 is 0 Å². The fourth-order valence-corrected chi connectivity index (χ4v) is 3.63. The van der Waals surface area contributed by atoms with Crippen LogP contribution in [0.5, 0.6) is 0 Å². The van der Waals surface area contributed by atoms with Crippen LogP contribution in [0, 0.1) is 5.92 Å². The topological polar surface area (TPSA) is 60.8 Å². The van der Waals surface area contributed by atoms with Crippen molar-refractivity contribution in [3.63, 3.8) is 0 Å². The molecule has 2 aromatic rings. The van der Waals surface area contributed by atoms with Gasteiger partial charge in [-0.05, 0) is 12.5 Å². The highest BCUT2D eigenvalue weighted by molar-refractivity contribution is 7.17. The van der Waals surface area contributed by atoms with Crippen LogP contribution in [0.4, 0.5) is 0 Å². The maximum Gasteiger partial charge on any atom is 0.255 e. The van der Waals surface area contributed by atoms with Crippen LogP contribution in [-0.2, 0) is 0 Å². The molecular weight excluding hydrogens is 274 g/mol. The minimum atomic E-state index is -0.511. The van der Waals surface area contributed by atoms with Crippen molar-refractivity contribution in [3.8, 4) is 0 Å². The van der Waals surface area contributed by atoms with Crippen molar-refractivity contribution < 1.29 is 15.0 Å². The number of aliphatic hydroxyl groups excluding tert-OH is 2. The van der Waals surface area contributed by atoms with Crippen LogP contribution < -0.4 is 0 Å². The maximum atomic E-state index is 12.6. The minimum absolute atomic E-state index is 0.00667. The molecule has 20 heavy (non-hydrogen) atoms. The Morgan fingerprint density at radius 1 is 1.40 bits per heavy atom. The number of hydrogen-bond donors (Lipinski definition) is 2. The van der Waals surface area contributed by atoms with Gasteiger partial charge in [0.05, 0.1) is 18.3 Å². The molecule has 5 heteroatoms. The Morgan fingerprint density at radius 3 is 3.00 bits per heavy atom. The molecule has 1 aromatic carbocycles. The molecule has 0 unspecified atom stereocenters. The Morgan fingerprint density at radius 2 is 2.20 bits per heavy atom. The van der Waals surface area contributed by atoms with Crippen LogP contribution in [-0.4, -0.2) is 46.8 Å². The lowest BCUT2D eigenvalue weighted by atomic mass is 9.95. The molecular formula is C15H17NO3S. The van der Waals surface area contributed by atoms with E-state index in [0.29, 0.717) is 19.5 Å². The molecule has 2 heterocycles. The van der Waals surface area contributed by atoms with Gasteiger partial charge in [-0.1, -0.05) is 18.2 Å². The number of nitrogens with zero attached hydrogens (tertiary/aromatic N) is 1. The van der Waals surface area contributed by atoms with E-state index in [1.165, 1.54) is 0 Å². The summed E-state index contributed by atoms with van der Waals surface area (Å²) in [7, 11) is 0. The van der Waals surface area contributed by atoms with Gasteiger partial charge in [-0.3, -0.25) is 4.79 Å². The molecule has 0 radical (unpaired) electrons. The molecule has 1 amide bonds. The molecule has 0 saturated carbocycles. The number of thiophene rings is 1. The SMILES string of the molecule is O=C(c1csc2ccccc12)N1CC[C@@H](O)[C@@H](CO)C1. The fourth-order valence-electron chi connectivity index (χ4n) is 2.70. The Kier molecular flexibility index (Phi) is 3.74. The molecule has 3 rings (SSSR count). The average Bonchev–Trinajstić information content (AvgIpc) is 2.91. The first kappa shape index (κ1) is 13.5. The molecule has 1 aromatic heterocycles. The predicted molar refractivity (Wildman–Crippen MR) is 78.9 cm³/mol. The van der Waals surface area contributed by atoms with Gasteiger partial charge in [0.25, 0.3) is 5.91 Å². The fraction of sp³-hybridized carbons (Fsp3) is 0.400. The van der Waals surface area contributed by atoms with Crippen LogP contribution >= 0.6 is 11.3 Å². The summed E-state index contributed by atoms with van der Waals surface area (Å²) in [6.07, 6.45) is 0.0160. The van der Waals surface area contributed by atoms with Gasteiger partial charge in [-0.2, -0.15) is 0 Å². The van der Waals surface area contributed by atoms with Gasteiger partial charge in [0.1, 0.15) is 0 Å². The first-order valence-electron chi connectivity index (χ1n) is 6.75. The van der Waals surface area contributed by atoms with Gasteiger partial charge in [0.15, 0.2) is 0 Å². The molecule has 0 bridgehead atoms. The number of aliphatic hydroxyl groups is 2. The summed E-state index contributed by atoms with van der Waals surface area (Å²) in [4.78, 5) is 14.4. The van der Waals surface area contributed by atoms with Gasteiger partial charge >= 0.3 is 0 Å². The van der Waals surface area contributed by atoms with Gasteiger partial charge in [0.2, 0.25) is 0 Å². The second kappa shape index (κ2) is 5.52. The highest BCUT2D eigenvalue weighted by Gasteiger charge is 2.30. The lowest BCUT2D eigenvalue weighted by Gasteiger charge is -2.35. The zero-order valence-electron chi connectivity index (χ0n) is 11.0. The summed E-state index contributed by atoms with van der Waals surface area (Å²) in [6.45, 7) is 0.872. The zero-order valence-corrected chi connectivity index (χ0v) is 11.8. The van der Waals surface area contributed by atoms with Crippen molar-refractivity contribution in [1.82, 2.24) is 4.90 Å². The van der Waals surface area contributed by atoms with Gasteiger partial charge in [-0.25, -0.2) is 0 Å². The number of fused-ring (bicyclic) bond motifs is 1. The van der Waals surface area contributed by atoms with Crippen LogP contribution in [0.1, 0.15) is 16.8 Å². The molecule has 0 spiro atoms. The standard InChI is InChI=1S/C15H17NO3S/c17-8-10-7-16(6-5-13(10)18)15(19)12-9-20-14-4-2-1-3-11(12)14/h1-4,9-10,13,17-18H,5-8H2/t10-,13-/m1/s1. The third kappa shape index (κ3) is 2.32. The molecule has 1 fully saturated rings. The van der Waals surface area contributed by atoms with E-state index in [0.717, 1.165) is 15.6 Å². The first-order valence-corrected chi connectivity index (χ1v) is 7.63. The van der Waals surface area contributed by atoms with Crippen molar-refractivity contribution in [1.29, 1.82) is 0 Å². The van der Waals surface area contributed by atoms with Gasteiger partial charge < -0.3 is 15.1 Å². The van der Waals surface area contributed by atoms with E-state index in [-0.39, 0.29) is 18.4 Å². The Balaban J connectivity index is 1.85. The number of carbonyl (C=O) groups excluding carboxylic acids is 1. The second-order valence-corrected chi connectivity index (χ2v) is 6.11. The summed E-state index contributed by atoms with van der Waals surface area (Å²) in [5.41, 5.74) is 0.721. The van der Waals surface area contributed by atoms with E-state index < -0.39 is 6.10 Å². The molecule has 2 atom stereocenters. The average molecular weight is 291 g/mol. The largest absolute Gasteiger partial charge is 0.396 e. The van der Waals surface area contributed by atoms with E-state index in [4.69, 9.17) is 0 Å². The lowest BCUT2D eigenvalue weighted by Crippen LogP contribution is -2.47. The summed E-state index contributed by atoms with van der Waals surface area (Å²) in [6, 6.07) is 7.86. The van der Waals surface area contributed by atoms with E-state index in [1.54, 1.807) is 16.2 Å². The van der Waals surface area contributed by atoms with Crippen molar-refractivity contribution >= 4 is 27.3 Å². The van der Waals surface area contributed by atoms with Gasteiger partial charge in [-0.15, -0.1) is 11.3 Å². The molecule has 106 valence electrons. The Hall–Kier alpha value is -1.43. The number of benzene rings is 1. The number of piperidine rings is 1. The predicted octanol–water partition coefficient (Wildman–Crippen LogP) is 1.72. The van der Waals surface area contributed by atoms with Crippen molar-refractivity contribution in [3.05, 3.63) is 35.2 Å². The quantitative estimate of drug-likeness (QED) is 0.885. The van der Waals surface area contributed by atoms with Crippen molar-refractivity contribution in [2.45, 2.75) is 12.5 Å². The van der Waals surface area contributed by atoms with E-state index in [1.807, 2.05) is 29.6 Å². The maximum absolute atomic E-state index is 12.6. The van der Waals surface area contributed by atoms with E-state index in [2.05, 4.69) is 0 Å². The molecule has 2 N–H and O–H groups in total. The number of amides is 1. The molecule has 1 aliphatic rings. The summed E-state index contributed by atoms with van der Waals surface area (Å²) >= 11 is 1.57. The molecule has 1 saturated heterocycles. The second-order valence-electron chi connectivity index (χ2n) is 5.20. The summed E-state index contributed by atoms with van der Waals surface area (Å²) < 4.78 is 1.10. The highest BCUT2D eigenvalue weighted by Crippen LogP contribution is 2.28.